The number of aryl methyl sites for hydroxylation is 2. The second kappa shape index (κ2) is 14.4. The van der Waals surface area contributed by atoms with E-state index < -0.39 is 12.2 Å². The molecule has 0 spiro atoms. The third-order valence-corrected chi connectivity index (χ3v) is 11.0. The van der Waals surface area contributed by atoms with Crippen LogP contribution in [0.15, 0.2) is 42.6 Å². The lowest BCUT2D eigenvalue weighted by Gasteiger charge is -2.42. The molecule has 262 valence electrons. The van der Waals surface area contributed by atoms with Gasteiger partial charge in [0.05, 0.1) is 5.52 Å². The van der Waals surface area contributed by atoms with E-state index in [2.05, 4.69) is 45.5 Å². The van der Waals surface area contributed by atoms with Crippen molar-refractivity contribution in [2.75, 3.05) is 71.3 Å². The van der Waals surface area contributed by atoms with Crippen molar-refractivity contribution in [2.24, 2.45) is 7.05 Å². The molecular weight excluding hydrogens is 620 g/mol. The normalized spacial score (nSPS) is 21.0. The molecule has 3 saturated heterocycles. The van der Waals surface area contributed by atoms with Crippen molar-refractivity contribution in [2.45, 2.75) is 63.6 Å². The van der Waals surface area contributed by atoms with Crippen LogP contribution in [0.2, 0.25) is 0 Å². The summed E-state index contributed by atoms with van der Waals surface area (Å²) in [5, 5.41) is 8.64. The number of likely N-dealkylation sites (tertiary alicyclic amines) is 2. The van der Waals surface area contributed by atoms with E-state index in [0.29, 0.717) is 58.0 Å². The Bertz CT molecular complexity index is 1670. The molecule has 0 saturated carbocycles. The molecule has 4 aliphatic heterocycles. The zero-order chi connectivity index (χ0) is 34.1. The van der Waals surface area contributed by atoms with Gasteiger partial charge < -0.3 is 29.7 Å². The summed E-state index contributed by atoms with van der Waals surface area (Å²) >= 11 is 0. The summed E-state index contributed by atoms with van der Waals surface area (Å²) in [4.78, 5) is 51.4. The maximum absolute atomic E-state index is 14.2. The first kappa shape index (κ1) is 33.3. The van der Waals surface area contributed by atoms with Gasteiger partial charge in [-0.3, -0.25) is 14.4 Å². The third kappa shape index (κ3) is 7.40. The number of para-hydroxylation sites is 1. The Balaban J connectivity index is 1.01. The van der Waals surface area contributed by atoms with Gasteiger partial charge in [0, 0.05) is 88.6 Å². The van der Waals surface area contributed by atoms with Gasteiger partial charge in [-0.15, -0.1) is 0 Å². The molecule has 0 radical (unpaired) electrons. The van der Waals surface area contributed by atoms with Gasteiger partial charge >= 0.3 is 12.1 Å². The summed E-state index contributed by atoms with van der Waals surface area (Å²) in [6, 6.07) is 12.5. The number of carbonyl (C=O) groups excluding carboxylic acids is 3. The molecule has 12 heteroatoms. The number of hydrogen-bond donors (Lipinski definition) is 1. The molecule has 5 heterocycles. The number of benzene rings is 2. The van der Waals surface area contributed by atoms with E-state index in [9.17, 15) is 14.4 Å². The number of urea groups is 1. The summed E-state index contributed by atoms with van der Waals surface area (Å²) in [5.74, 6) is -0.129. The second-order valence-electron chi connectivity index (χ2n) is 14.4. The number of piperazine rings is 1. The quantitative estimate of drug-likeness (QED) is 0.426. The molecule has 2 aromatic carbocycles. The predicted octanol–water partition coefficient (Wildman–Crippen LogP) is 3.72. The first-order valence-corrected chi connectivity index (χ1v) is 18.0. The molecule has 1 atom stereocenters. The number of amides is 4. The van der Waals surface area contributed by atoms with Crippen molar-refractivity contribution >= 4 is 34.6 Å². The van der Waals surface area contributed by atoms with Crippen LogP contribution >= 0.6 is 0 Å². The minimum Gasteiger partial charge on any atom is -0.436 e. The van der Waals surface area contributed by atoms with E-state index in [-0.39, 0.29) is 18.0 Å². The van der Waals surface area contributed by atoms with Gasteiger partial charge in [0.25, 0.3) is 5.91 Å². The number of nitrogens with zero attached hydrogens (tertiary/aromatic N) is 7. The Morgan fingerprint density at radius 3 is 2.37 bits per heavy atom. The molecule has 12 nitrogen and oxygen atoms in total. The highest BCUT2D eigenvalue weighted by molar-refractivity contribution is 5.91. The molecule has 7 rings (SSSR count). The maximum atomic E-state index is 14.2. The molecule has 0 unspecified atom stereocenters. The fourth-order valence-electron chi connectivity index (χ4n) is 8.18. The molecule has 49 heavy (non-hydrogen) atoms. The van der Waals surface area contributed by atoms with Crippen LogP contribution in [0, 0.1) is 6.92 Å². The SMILES string of the molecule is Cc1cc(C[C@@H](OC(=O)N2CCC(N3CCc4ccccc4NC3=O)CC2)C(=O)N2CCN(C3CCN(C)CC3)CC2)cc2cn(C)nc12. The van der Waals surface area contributed by atoms with E-state index in [1.54, 1.807) is 9.58 Å². The van der Waals surface area contributed by atoms with E-state index in [1.807, 2.05) is 48.2 Å². The number of aromatic nitrogens is 2. The summed E-state index contributed by atoms with van der Waals surface area (Å²) in [6.07, 6.45) is 5.32. The molecular formula is C37H50N8O4. The Morgan fingerprint density at radius 2 is 1.61 bits per heavy atom. The van der Waals surface area contributed by atoms with Crippen LogP contribution in [0.4, 0.5) is 15.3 Å². The first-order valence-electron chi connectivity index (χ1n) is 18.0. The van der Waals surface area contributed by atoms with Crippen LogP contribution < -0.4 is 5.32 Å². The zero-order valence-corrected chi connectivity index (χ0v) is 29.1. The standard InChI is InChI=1S/C37H50N8O4/c1-26-22-27(23-29-25-41(3)39-34(26)29)24-33(35(46)43-20-18-42(19-21-43)30-9-13-40(2)14-10-30)49-37(48)44-15-11-31(12-16-44)45-17-8-28-6-4-5-7-32(28)38-36(45)47/h4-7,22-23,25,30-31,33H,8-21,24H2,1-3H3,(H,38,47)/t33-/m1/s1. The highest BCUT2D eigenvalue weighted by Gasteiger charge is 2.36. The average molecular weight is 671 g/mol. The number of ether oxygens (including phenoxy) is 1. The molecule has 1 aromatic heterocycles. The average Bonchev–Trinajstić information content (AvgIpc) is 3.40. The topological polar surface area (TPSA) is 106 Å². The van der Waals surface area contributed by atoms with E-state index in [0.717, 1.165) is 78.7 Å². The van der Waals surface area contributed by atoms with E-state index in [4.69, 9.17) is 4.74 Å². The van der Waals surface area contributed by atoms with Crippen molar-refractivity contribution in [1.82, 2.24) is 34.3 Å². The lowest BCUT2D eigenvalue weighted by Crippen LogP contribution is -2.56. The molecule has 0 aliphatic carbocycles. The largest absolute Gasteiger partial charge is 0.436 e. The Kier molecular flexibility index (Phi) is 9.77. The number of anilines is 1. The molecule has 0 bridgehead atoms. The lowest BCUT2D eigenvalue weighted by molar-refractivity contribution is -0.143. The van der Waals surface area contributed by atoms with Crippen LogP contribution in [0.5, 0.6) is 0 Å². The number of rotatable bonds is 6. The van der Waals surface area contributed by atoms with Gasteiger partial charge in [-0.25, -0.2) is 9.59 Å². The summed E-state index contributed by atoms with van der Waals surface area (Å²) in [7, 11) is 4.08. The van der Waals surface area contributed by atoms with Crippen LogP contribution in [0.3, 0.4) is 0 Å². The summed E-state index contributed by atoms with van der Waals surface area (Å²) < 4.78 is 7.95. The Labute approximate surface area is 288 Å². The minimum atomic E-state index is -0.927. The number of nitrogens with one attached hydrogen (secondary N) is 1. The fourth-order valence-corrected chi connectivity index (χ4v) is 8.18. The smallest absolute Gasteiger partial charge is 0.410 e. The summed E-state index contributed by atoms with van der Waals surface area (Å²) in [6.45, 7) is 8.76. The molecule has 4 aliphatic rings. The van der Waals surface area contributed by atoms with Crippen molar-refractivity contribution in [1.29, 1.82) is 0 Å². The van der Waals surface area contributed by atoms with Gasteiger partial charge in [0.1, 0.15) is 0 Å². The molecule has 4 amide bonds. The van der Waals surface area contributed by atoms with Crippen molar-refractivity contribution < 1.29 is 19.1 Å². The minimum absolute atomic E-state index is 0.0332. The van der Waals surface area contributed by atoms with Gasteiger partial charge in [-0.05, 0) is 88.0 Å². The second-order valence-corrected chi connectivity index (χ2v) is 14.4. The molecule has 1 N–H and O–H groups in total. The van der Waals surface area contributed by atoms with Crippen LogP contribution in [-0.4, -0.2) is 136 Å². The van der Waals surface area contributed by atoms with Gasteiger partial charge in [0.15, 0.2) is 6.10 Å². The highest BCUT2D eigenvalue weighted by Crippen LogP contribution is 2.26. The van der Waals surface area contributed by atoms with E-state index in [1.165, 1.54) is 0 Å². The van der Waals surface area contributed by atoms with E-state index >= 15 is 0 Å². The van der Waals surface area contributed by atoms with Crippen molar-refractivity contribution in [3.8, 4) is 0 Å². The number of hydrogen-bond acceptors (Lipinski definition) is 7. The van der Waals surface area contributed by atoms with Gasteiger partial charge in [0.2, 0.25) is 0 Å². The number of carbonyl (C=O) groups is 3. The zero-order valence-electron chi connectivity index (χ0n) is 29.1. The Hall–Kier alpha value is -4.16. The van der Waals surface area contributed by atoms with Crippen LogP contribution in [0.1, 0.15) is 42.4 Å². The van der Waals surface area contributed by atoms with Crippen molar-refractivity contribution in [3.05, 3.63) is 59.3 Å². The fraction of sp³-hybridized carbons (Fsp3) is 0.568. The third-order valence-electron chi connectivity index (χ3n) is 11.0. The Morgan fingerprint density at radius 1 is 0.898 bits per heavy atom. The molecule has 3 fully saturated rings. The van der Waals surface area contributed by atoms with Crippen LogP contribution in [-0.2, 0) is 29.4 Å². The molecule has 3 aromatic rings. The van der Waals surface area contributed by atoms with Crippen molar-refractivity contribution in [3.63, 3.8) is 0 Å². The van der Waals surface area contributed by atoms with Gasteiger partial charge in [-0.1, -0.05) is 24.3 Å². The van der Waals surface area contributed by atoms with Crippen LogP contribution in [0.25, 0.3) is 10.9 Å². The number of fused-ring (bicyclic) bond motifs is 2. The maximum Gasteiger partial charge on any atom is 0.410 e. The van der Waals surface area contributed by atoms with Gasteiger partial charge in [-0.2, -0.15) is 5.10 Å². The first-order chi connectivity index (χ1) is 23.7. The predicted molar refractivity (Wildman–Crippen MR) is 189 cm³/mol. The highest BCUT2D eigenvalue weighted by atomic mass is 16.6. The monoisotopic (exact) mass is 670 g/mol. The number of piperidine rings is 2. The summed E-state index contributed by atoms with van der Waals surface area (Å²) in [5.41, 5.74) is 4.91. The lowest BCUT2D eigenvalue weighted by atomic mass is 10.0.